The highest BCUT2D eigenvalue weighted by Crippen LogP contribution is 2.26. The number of pyridine rings is 1. The molecule has 2 aromatic rings. The quantitative estimate of drug-likeness (QED) is 0.810. The van der Waals surface area contributed by atoms with Gasteiger partial charge >= 0.3 is 0 Å². The second-order valence-corrected chi connectivity index (χ2v) is 5.53. The Morgan fingerprint density at radius 2 is 1.83 bits per heavy atom. The largest absolute Gasteiger partial charge is 0.290 e. The van der Waals surface area contributed by atoms with Crippen LogP contribution < -0.4 is 4.90 Å². The lowest BCUT2D eigenvalue weighted by Gasteiger charge is -2.22. The molecule has 0 radical (unpaired) electrons. The lowest BCUT2D eigenvalue weighted by molar-refractivity contribution is -0.122. The summed E-state index contributed by atoms with van der Waals surface area (Å²) in [5.41, 5.74) is 1.42. The number of likely N-dealkylation sites (N-methyl/N-ethyl adjacent to an activating group) is 1. The molecule has 1 atom stereocenters. The molecule has 0 unspecified atom stereocenters. The number of carbonyl (C=O) groups is 2. The smallest absolute Gasteiger partial charge is 0.251 e. The third kappa shape index (κ3) is 3.12. The van der Waals surface area contributed by atoms with Gasteiger partial charge in [0.2, 0.25) is 5.91 Å². The van der Waals surface area contributed by atoms with Crippen LogP contribution in [0.1, 0.15) is 12.0 Å². The van der Waals surface area contributed by atoms with E-state index in [-0.39, 0.29) is 18.2 Å². The van der Waals surface area contributed by atoms with Gasteiger partial charge in [0.1, 0.15) is 5.82 Å². The molecule has 0 aliphatic carbocycles. The fourth-order valence-corrected chi connectivity index (χ4v) is 2.71. The number of benzene rings is 1. The Balaban J connectivity index is 1.76. The van der Waals surface area contributed by atoms with Gasteiger partial charge in [0, 0.05) is 18.9 Å². The summed E-state index contributed by atoms with van der Waals surface area (Å²) in [5.74, 6) is -0.953. The Bertz CT molecular complexity index is 718. The molecule has 2 heterocycles. The van der Waals surface area contributed by atoms with Crippen LogP contribution in [0.3, 0.4) is 0 Å². The van der Waals surface area contributed by atoms with E-state index < -0.39 is 11.9 Å². The highest BCUT2D eigenvalue weighted by molar-refractivity contribution is 6.22. The second-order valence-electron chi connectivity index (χ2n) is 5.53. The average molecular weight is 313 g/mol. The van der Waals surface area contributed by atoms with Crippen molar-refractivity contribution in [3.8, 4) is 0 Å². The molecule has 1 fully saturated rings. The lowest BCUT2D eigenvalue weighted by atomic mass is 10.2. The van der Waals surface area contributed by atoms with Crippen LogP contribution in [0, 0.1) is 5.82 Å². The predicted octanol–water partition coefficient (Wildman–Crippen LogP) is 1.98. The fourth-order valence-electron chi connectivity index (χ4n) is 2.71. The monoisotopic (exact) mass is 313 g/mol. The molecular weight excluding hydrogens is 297 g/mol. The number of anilines is 1. The van der Waals surface area contributed by atoms with E-state index in [1.54, 1.807) is 12.4 Å². The Labute approximate surface area is 133 Å². The third-order valence-electron chi connectivity index (χ3n) is 3.92. The maximum absolute atomic E-state index is 13.0. The number of hydrogen-bond donors (Lipinski definition) is 0. The van der Waals surface area contributed by atoms with E-state index in [2.05, 4.69) is 4.98 Å². The Kier molecular flexibility index (Phi) is 4.16. The highest BCUT2D eigenvalue weighted by atomic mass is 19.1. The maximum atomic E-state index is 13.0. The molecule has 0 N–H and O–H groups in total. The molecule has 5 nitrogen and oxygen atoms in total. The number of aromatic nitrogens is 1. The molecule has 2 amide bonds. The van der Waals surface area contributed by atoms with Crippen LogP contribution in [-0.4, -0.2) is 34.8 Å². The summed E-state index contributed by atoms with van der Waals surface area (Å²) in [7, 11) is 1.81. The predicted molar refractivity (Wildman–Crippen MR) is 83.0 cm³/mol. The minimum absolute atomic E-state index is 0.123. The number of halogens is 1. The number of amides is 2. The van der Waals surface area contributed by atoms with Crippen molar-refractivity contribution in [1.82, 2.24) is 9.88 Å². The van der Waals surface area contributed by atoms with Crippen LogP contribution >= 0.6 is 0 Å². The van der Waals surface area contributed by atoms with Crippen molar-refractivity contribution in [2.24, 2.45) is 0 Å². The molecule has 1 aliphatic heterocycles. The first-order valence-electron chi connectivity index (χ1n) is 7.28. The van der Waals surface area contributed by atoms with Crippen molar-refractivity contribution < 1.29 is 14.0 Å². The normalized spacial score (nSPS) is 18.0. The average Bonchev–Trinajstić information content (AvgIpc) is 2.84. The van der Waals surface area contributed by atoms with Crippen molar-refractivity contribution in [3.63, 3.8) is 0 Å². The fraction of sp³-hybridized carbons (Fsp3) is 0.235. The van der Waals surface area contributed by atoms with Gasteiger partial charge < -0.3 is 0 Å². The summed E-state index contributed by atoms with van der Waals surface area (Å²) in [6.07, 6.45) is 3.50. The van der Waals surface area contributed by atoms with Gasteiger partial charge in [-0.2, -0.15) is 0 Å². The number of hydrogen-bond acceptors (Lipinski definition) is 4. The van der Waals surface area contributed by atoms with E-state index in [1.165, 1.54) is 24.3 Å². The number of imide groups is 1. The lowest BCUT2D eigenvalue weighted by Crippen LogP contribution is -2.39. The van der Waals surface area contributed by atoms with E-state index in [4.69, 9.17) is 0 Å². The zero-order valence-electron chi connectivity index (χ0n) is 12.6. The van der Waals surface area contributed by atoms with Crippen LogP contribution in [0.25, 0.3) is 0 Å². The van der Waals surface area contributed by atoms with Gasteiger partial charge in [-0.15, -0.1) is 0 Å². The van der Waals surface area contributed by atoms with Crippen LogP contribution in [0.4, 0.5) is 10.1 Å². The van der Waals surface area contributed by atoms with E-state index in [9.17, 15) is 14.0 Å². The van der Waals surface area contributed by atoms with E-state index in [0.29, 0.717) is 12.2 Å². The van der Waals surface area contributed by atoms with Gasteiger partial charge in [-0.25, -0.2) is 9.29 Å². The maximum Gasteiger partial charge on any atom is 0.251 e. The number of nitrogens with zero attached hydrogens (tertiary/aromatic N) is 3. The summed E-state index contributed by atoms with van der Waals surface area (Å²) in [4.78, 5) is 31.7. The molecular formula is C17H16FN3O2. The second kappa shape index (κ2) is 6.26. The van der Waals surface area contributed by atoms with Crippen LogP contribution in [0.15, 0.2) is 48.8 Å². The Morgan fingerprint density at radius 3 is 2.48 bits per heavy atom. The number of carbonyl (C=O) groups excluding carboxylic acids is 2. The molecule has 1 aromatic carbocycles. The number of rotatable bonds is 4. The van der Waals surface area contributed by atoms with Crippen LogP contribution in [0.2, 0.25) is 0 Å². The molecule has 6 heteroatoms. The summed E-state index contributed by atoms with van der Waals surface area (Å²) in [5, 5.41) is 0. The molecule has 1 saturated heterocycles. The topological polar surface area (TPSA) is 53.5 Å². The summed E-state index contributed by atoms with van der Waals surface area (Å²) >= 11 is 0. The summed E-state index contributed by atoms with van der Waals surface area (Å²) in [6.45, 7) is 0.545. The Morgan fingerprint density at radius 1 is 1.17 bits per heavy atom. The van der Waals surface area contributed by atoms with Crippen LogP contribution in [-0.2, 0) is 16.1 Å². The van der Waals surface area contributed by atoms with Crippen molar-refractivity contribution >= 4 is 17.5 Å². The molecule has 1 aromatic heterocycles. The van der Waals surface area contributed by atoms with Gasteiger partial charge in [-0.3, -0.25) is 19.5 Å². The molecule has 1 aliphatic rings. The standard InChI is InChI=1S/C17H16FN3O2/c1-20(11-12-6-8-19-9-7-12)15-10-16(22)21(17(15)23)14-4-2-13(18)3-5-14/h2-9,15H,10-11H2,1H3/t15-/m1/s1. The van der Waals surface area contributed by atoms with Crippen LogP contribution in [0.5, 0.6) is 0 Å². The minimum Gasteiger partial charge on any atom is -0.290 e. The molecule has 118 valence electrons. The third-order valence-corrected chi connectivity index (χ3v) is 3.92. The zero-order valence-corrected chi connectivity index (χ0v) is 12.6. The van der Waals surface area contributed by atoms with Crippen molar-refractivity contribution in [3.05, 3.63) is 60.2 Å². The van der Waals surface area contributed by atoms with Crippen molar-refractivity contribution in [2.75, 3.05) is 11.9 Å². The van der Waals surface area contributed by atoms with Gasteiger partial charge in [-0.1, -0.05) is 0 Å². The zero-order chi connectivity index (χ0) is 16.4. The summed E-state index contributed by atoms with van der Waals surface area (Å²) < 4.78 is 13.0. The van der Waals surface area contributed by atoms with E-state index in [0.717, 1.165) is 10.5 Å². The summed E-state index contributed by atoms with van der Waals surface area (Å²) in [6, 6.07) is 8.59. The SMILES string of the molecule is CN(Cc1ccncc1)[C@@H]1CC(=O)N(c2ccc(F)cc2)C1=O. The highest BCUT2D eigenvalue weighted by Gasteiger charge is 2.41. The first kappa shape index (κ1) is 15.3. The van der Waals surface area contributed by atoms with Gasteiger partial charge in [0.05, 0.1) is 18.2 Å². The van der Waals surface area contributed by atoms with Gasteiger partial charge in [0.25, 0.3) is 5.91 Å². The van der Waals surface area contributed by atoms with Crippen molar-refractivity contribution in [1.29, 1.82) is 0 Å². The molecule has 23 heavy (non-hydrogen) atoms. The molecule has 0 saturated carbocycles. The van der Waals surface area contributed by atoms with E-state index in [1.807, 2.05) is 24.1 Å². The molecule has 0 bridgehead atoms. The van der Waals surface area contributed by atoms with Crippen molar-refractivity contribution in [2.45, 2.75) is 19.0 Å². The van der Waals surface area contributed by atoms with E-state index >= 15 is 0 Å². The first-order valence-corrected chi connectivity index (χ1v) is 7.28. The minimum atomic E-state index is -0.513. The first-order chi connectivity index (χ1) is 11.1. The van der Waals surface area contributed by atoms with Gasteiger partial charge in [-0.05, 0) is 49.0 Å². The molecule has 3 rings (SSSR count). The van der Waals surface area contributed by atoms with Gasteiger partial charge in [0.15, 0.2) is 0 Å². The Hall–Kier alpha value is -2.60. The molecule has 0 spiro atoms.